The summed E-state index contributed by atoms with van der Waals surface area (Å²) in [6, 6.07) is 5.62. The molecule has 0 N–H and O–H groups in total. The fourth-order valence-electron chi connectivity index (χ4n) is 2.11. The van der Waals surface area contributed by atoms with Gasteiger partial charge in [0, 0.05) is 31.8 Å². The van der Waals surface area contributed by atoms with Gasteiger partial charge in [0.2, 0.25) is 0 Å². The van der Waals surface area contributed by atoms with E-state index in [1.807, 2.05) is 0 Å². The van der Waals surface area contributed by atoms with Gasteiger partial charge >= 0.3 is 0 Å². The molecule has 0 spiro atoms. The number of ketones is 1. The zero-order valence-electron chi connectivity index (χ0n) is 10.9. The van der Waals surface area contributed by atoms with Gasteiger partial charge in [-0.3, -0.25) is 4.79 Å². The number of carbonyl (C=O) groups excluding carboxylic acids is 1. The average Bonchev–Trinajstić information content (AvgIpc) is 2.45. The monoisotopic (exact) mass is 266 g/mol. The minimum Gasteiger partial charge on any atom is -0.381 e. The van der Waals surface area contributed by atoms with Gasteiger partial charge in [-0.15, -0.1) is 0 Å². The quantitative estimate of drug-likeness (QED) is 0.586. The molecular weight excluding hydrogens is 247 g/mol. The zero-order chi connectivity index (χ0) is 13.5. The summed E-state index contributed by atoms with van der Waals surface area (Å²) in [4.78, 5) is 11.8. The maximum atomic E-state index is 12.7. The smallest absolute Gasteiger partial charge is 0.165 e. The molecule has 0 saturated carbocycles. The Bertz CT molecular complexity index is 396. The van der Waals surface area contributed by atoms with E-state index in [0.717, 1.165) is 26.1 Å². The minimum atomic E-state index is -0.327. The first kappa shape index (κ1) is 14.2. The first-order valence-electron chi connectivity index (χ1n) is 6.70. The average molecular weight is 266 g/mol. The summed E-state index contributed by atoms with van der Waals surface area (Å²) in [7, 11) is 0. The second-order valence-electron chi connectivity index (χ2n) is 4.81. The standard InChI is InChI=1S/C15H19FO3/c16-14-3-1-13(2-4-14)15(17)7-10-19-11-12-5-8-18-9-6-12/h1-4,12H,5-11H2. The second-order valence-corrected chi connectivity index (χ2v) is 4.81. The molecule has 0 aliphatic carbocycles. The van der Waals surface area contributed by atoms with E-state index >= 15 is 0 Å². The van der Waals surface area contributed by atoms with Gasteiger partial charge in [-0.25, -0.2) is 4.39 Å². The van der Waals surface area contributed by atoms with E-state index in [1.54, 1.807) is 0 Å². The van der Waals surface area contributed by atoms with Crippen LogP contribution in [0.4, 0.5) is 4.39 Å². The van der Waals surface area contributed by atoms with Crippen molar-refractivity contribution in [3.63, 3.8) is 0 Å². The molecule has 0 unspecified atom stereocenters. The predicted molar refractivity (Wildman–Crippen MR) is 69.7 cm³/mol. The highest BCUT2D eigenvalue weighted by molar-refractivity contribution is 5.96. The van der Waals surface area contributed by atoms with E-state index in [2.05, 4.69) is 0 Å². The molecule has 0 amide bonds. The van der Waals surface area contributed by atoms with Crippen LogP contribution in [-0.2, 0) is 9.47 Å². The Morgan fingerprint density at radius 1 is 1.26 bits per heavy atom. The molecule has 3 nitrogen and oxygen atoms in total. The van der Waals surface area contributed by atoms with E-state index in [-0.39, 0.29) is 11.6 Å². The number of rotatable bonds is 6. The summed E-state index contributed by atoms with van der Waals surface area (Å²) >= 11 is 0. The van der Waals surface area contributed by atoms with Crippen LogP contribution in [0.2, 0.25) is 0 Å². The number of hydrogen-bond acceptors (Lipinski definition) is 3. The highest BCUT2D eigenvalue weighted by Gasteiger charge is 2.14. The van der Waals surface area contributed by atoms with Gasteiger partial charge in [0.05, 0.1) is 6.61 Å². The van der Waals surface area contributed by atoms with Crippen molar-refractivity contribution in [1.29, 1.82) is 0 Å². The van der Waals surface area contributed by atoms with Crippen molar-refractivity contribution >= 4 is 5.78 Å². The molecule has 0 atom stereocenters. The first-order valence-corrected chi connectivity index (χ1v) is 6.70. The van der Waals surface area contributed by atoms with Gasteiger partial charge in [0.25, 0.3) is 0 Å². The lowest BCUT2D eigenvalue weighted by Crippen LogP contribution is -2.20. The van der Waals surface area contributed by atoms with Crippen LogP contribution in [0, 0.1) is 11.7 Å². The molecular formula is C15H19FO3. The molecule has 104 valence electrons. The van der Waals surface area contributed by atoms with Crippen LogP contribution >= 0.6 is 0 Å². The lowest BCUT2D eigenvalue weighted by molar-refractivity contribution is 0.0203. The number of Topliss-reactive ketones (excluding diaryl/α,β-unsaturated/α-hetero) is 1. The number of ether oxygens (including phenoxy) is 2. The molecule has 1 aliphatic heterocycles. The molecule has 0 aromatic heterocycles. The molecule has 1 heterocycles. The van der Waals surface area contributed by atoms with Gasteiger partial charge in [0.1, 0.15) is 5.82 Å². The number of benzene rings is 1. The molecule has 19 heavy (non-hydrogen) atoms. The van der Waals surface area contributed by atoms with Gasteiger partial charge in [-0.05, 0) is 43.0 Å². The fraction of sp³-hybridized carbons (Fsp3) is 0.533. The highest BCUT2D eigenvalue weighted by atomic mass is 19.1. The van der Waals surface area contributed by atoms with Crippen LogP contribution in [0.25, 0.3) is 0 Å². The molecule has 1 fully saturated rings. The number of carbonyl (C=O) groups is 1. The van der Waals surface area contributed by atoms with E-state index in [0.29, 0.717) is 31.1 Å². The summed E-state index contributed by atoms with van der Waals surface area (Å²) in [6.45, 7) is 2.73. The summed E-state index contributed by atoms with van der Waals surface area (Å²) < 4.78 is 23.5. The molecule has 1 aromatic carbocycles. The summed E-state index contributed by atoms with van der Waals surface area (Å²) in [5.74, 6) is 0.217. The summed E-state index contributed by atoms with van der Waals surface area (Å²) in [5, 5.41) is 0. The molecule has 4 heteroatoms. The largest absolute Gasteiger partial charge is 0.381 e. The Hall–Kier alpha value is -1.26. The SMILES string of the molecule is O=C(CCOCC1CCOCC1)c1ccc(F)cc1. The Kier molecular flexibility index (Phi) is 5.48. The van der Waals surface area contributed by atoms with Crippen molar-refractivity contribution in [3.05, 3.63) is 35.6 Å². The third-order valence-corrected chi connectivity index (χ3v) is 3.33. The van der Waals surface area contributed by atoms with E-state index in [9.17, 15) is 9.18 Å². The van der Waals surface area contributed by atoms with Crippen LogP contribution in [0.5, 0.6) is 0 Å². The summed E-state index contributed by atoms with van der Waals surface area (Å²) in [6.07, 6.45) is 2.41. The van der Waals surface area contributed by atoms with Crippen LogP contribution < -0.4 is 0 Å². The van der Waals surface area contributed by atoms with Crippen molar-refractivity contribution in [2.75, 3.05) is 26.4 Å². The molecule has 1 saturated heterocycles. The highest BCUT2D eigenvalue weighted by Crippen LogP contribution is 2.15. The van der Waals surface area contributed by atoms with Crippen LogP contribution in [0.3, 0.4) is 0 Å². The minimum absolute atomic E-state index is 0.00743. The fourth-order valence-corrected chi connectivity index (χ4v) is 2.11. The van der Waals surface area contributed by atoms with Gasteiger partial charge in [-0.2, -0.15) is 0 Å². The first-order chi connectivity index (χ1) is 9.25. The Labute approximate surface area is 112 Å². The molecule has 1 aromatic rings. The molecule has 1 aliphatic rings. The lowest BCUT2D eigenvalue weighted by Gasteiger charge is -2.21. The van der Waals surface area contributed by atoms with Crippen LogP contribution in [0.1, 0.15) is 29.6 Å². The van der Waals surface area contributed by atoms with Crippen LogP contribution in [-0.4, -0.2) is 32.2 Å². The Balaban J connectivity index is 1.64. The van der Waals surface area contributed by atoms with E-state index in [4.69, 9.17) is 9.47 Å². The number of halogens is 1. The Morgan fingerprint density at radius 3 is 2.63 bits per heavy atom. The molecule has 0 radical (unpaired) electrons. The Morgan fingerprint density at radius 2 is 1.95 bits per heavy atom. The molecule has 2 rings (SSSR count). The zero-order valence-corrected chi connectivity index (χ0v) is 10.9. The van der Waals surface area contributed by atoms with Crippen molar-refractivity contribution in [2.45, 2.75) is 19.3 Å². The maximum Gasteiger partial charge on any atom is 0.165 e. The van der Waals surface area contributed by atoms with Crippen molar-refractivity contribution < 1.29 is 18.7 Å². The second kappa shape index (κ2) is 7.36. The van der Waals surface area contributed by atoms with Crippen molar-refractivity contribution in [3.8, 4) is 0 Å². The van der Waals surface area contributed by atoms with Gasteiger partial charge in [-0.1, -0.05) is 0 Å². The van der Waals surface area contributed by atoms with Crippen molar-refractivity contribution in [1.82, 2.24) is 0 Å². The third kappa shape index (κ3) is 4.73. The topological polar surface area (TPSA) is 35.5 Å². The maximum absolute atomic E-state index is 12.7. The van der Waals surface area contributed by atoms with Gasteiger partial charge in [0.15, 0.2) is 5.78 Å². The summed E-state index contributed by atoms with van der Waals surface area (Å²) in [5.41, 5.74) is 0.538. The van der Waals surface area contributed by atoms with E-state index in [1.165, 1.54) is 24.3 Å². The van der Waals surface area contributed by atoms with Crippen LogP contribution in [0.15, 0.2) is 24.3 Å². The number of hydrogen-bond donors (Lipinski definition) is 0. The van der Waals surface area contributed by atoms with Crippen molar-refractivity contribution in [2.24, 2.45) is 5.92 Å². The van der Waals surface area contributed by atoms with E-state index < -0.39 is 0 Å². The molecule has 0 bridgehead atoms. The lowest BCUT2D eigenvalue weighted by atomic mass is 10.0. The van der Waals surface area contributed by atoms with Gasteiger partial charge < -0.3 is 9.47 Å². The normalized spacial score (nSPS) is 16.5. The predicted octanol–water partition coefficient (Wildman–Crippen LogP) is 2.84. The third-order valence-electron chi connectivity index (χ3n) is 3.33.